The van der Waals surface area contributed by atoms with Gasteiger partial charge in [-0.05, 0) is 68.8 Å². The van der Waals surface area contributed by atoms with E-state index in [2.05, 4.69) is 10.3 Å². The van der Waals surface area contributed by atoms with E-state index in [1.54, 1.807) is 36.0 Å². The highest BCUT2D eigenvalue weighted by atomic mass is 19.1. The minimum atomic E-state index is -0.737. The Morgan fingerprint density at radius 2 is 1.88 bits per heavy atom. The normalized spacial score (nSPS) is 13.2. The molecule has 0 aliphatic carbocycles. The highest BCUT2D eigenvalue weighted by molar-refractivity contribution is 6.00. The van der Waals surface area contributed by atoms with E-state index in [0.717, 1.165) is 16.5 Å². The molecule has 3 heterocycles. The number of aromatic nitrogens is 3. The molecule has 0 saturated heterocycles. The Kier molecular flexibility index (Phi) is 9.82. The third kappa shape index (κ3) is 7.65. The van der Waals surface area contributed by atoms with E-state index in [-0.39, 0.29) is 11.8 Å². The van der Waals surface area contributed by atoms with E-state index in [1.807, 2.05) is 63.2 Å². The molecule has 10 heteroatoms. The van der Waals surface area contributed by atoms with Gasteiger partial charge in [-0.3, -0.25) is 14.2 Å². The first-order chi connectivity index (χ1) is 20.0. The molecule has 42 heavy (non-hydrogen) atoms. The zero-order chi connectivity index (χ0) is 30.4. The highest BCUT2D eigenvalue weighted by Crippen LogP contribution is 2.35. The van der Waals surface area contributed by atoms with Crippen LogP contribution in [0.4, 0.5) is 10.1 Å². The lowest BCUT2D eigenvalue weighted by atomic mass is 10.0. The van der Waals surface area contributed by atoms with Gasteiger partial charge in [0.2, 0.25) is 11.9 Å². The van der Waals surface area contributed by atoms with Gasteiger partial charge in [0.15, 0.2) is 6.23 Å². The SMILES string of the molecule is CC(C)C[C@H](N)C(=O)OC(C)n1cc(-c2ccnc(F)c2)c2cc(-c3cccc(NC(=O)/C=C/CN(C)C)c3)cnc21. The maximum absolute atomic E-state index is 14.1. The van der Waals surface area contributed by atoms with Gasteiger partial charge >= 0.3 is 5.97 Å². The Labute approximate surface area is 245 Å². The zero-order valence-electron chi connectivity index (χ0n) is 24.5. The summed E-state index contributed by atoms with van der Waals surface area (Å²) in [6.45, 7) is 6.38. The number of carbonyl (C=O) groups excluding carboxylic acids is 2. The van der Waals surface area contributed by atoms with Crippen molar-refractivity contribution in [3.63, 3.8) is 0 Å². The van der Waals surface area contributed by atoms with Crippen molar-refractivity contribution in [1.82, 2.24) is 19.4 Å². The summed E-state index contributed by atoms with van der Waals surface area (Å²) < 4.78 is 21.6. The maximum atomic E-state index is 14.1. The van der Waals surface area contributed by atoms with Gasteiger partial charge in [-0.15, -0.1) is 0 Å². The summed E-state index contributed by atoms with van der Waals surface area (Å²) in [5, 5.41) is 3.62. The average Bonchev–Trinajstić information content (AvgIpc) is 3.32. The molecule has 1 amide bonds. The molecule has 0 saturated carbocycles. The second-order valence-corrected chi connectivity index (χ2v) is 10.9. The number of likely N-dealkylation sites (N-methyl/N-ethyl adjacent to an activating group) is 1. The Morgan fingerprint density at radius 3 is 2.60 bits per heavy atom. The van der Waals surface area contributed by atoms with Crippen LogP contribution in [0.1, 0.15) is 33.4 Å². The van der Waals surface area contributed by atoms with Crippen LogP contribution < -0.4 is 11.1 Å². The molecule has 1 unspecified atom stereocenters. The van der Waals surface area contributed by atoms with Crippen molar-refractivity contribution in [3.8, 4) is 22.3 Å². The quantitative estimate of drug-likeness (QED) is 0.141. The number of hydrogen-bond acceptors (Lipinski definition) is 7. The molecular formula is C32H37FN6O3. The molecular weight excluding hydrogens is 535 g/mol. The second kappa shape index (κ2) is 13.5. The molecule has 0 aliphatic heterocycles. The van der Waals surface area contributed by atoms with Gasteiger partial charge < -0.3 is 20.7 Å². The third-order valence-electron chi connectivity index (χ3n) is 6.62. The smallest absolute Gasteiger partial charge is 0.324 e. The van der Waals surface area contributed by atoms with Crippen molar-refractivity contribution in [2.45, 2.75) is 39.5 Å². The van der Waals surface area contributed by atoms with E-state index in [4.69, 9.17) is 15.5 Å². The van der Waals surface area contributed by atoms with Crippen molar-refractivity contribution < 1.29 is 18.7 Å². The number of pyridine rings is 2. The fourth-order valence-electron chi connectivity index (χ4n) is 4.61. The number of fused-ring (bicyclic) bond motifs is 1. The van der Waals surface area contributed by atoms with Crippen LogP contribution >= 0.6 is 0 Å². The number of nitrogens with one attached hydrogen (secondary N) is 1. The molecule has 220 valence electrons. The van der Waals surface area contributed by atoms with Crippen LogP contribution in [0, 0.1) is 11.9 Å². The topological polar surface area (TPSA) is 115 Å². The summed E-state index contributed by atoms with van der Waals surface area (Å²) in [5.74, 6) is -1.09. The van der Waals surface area contributed by atoms with E-state index >= 15 is 0 Å². The molecule has 0 fully saturated rings. The van der Waals surface area contributed by atoms with Gasteiger partial charge in [-0.25, -0.2) is 9.97 Å². The van der Waals surface area contributed by atoms with Gasteiger partial charge in [0.25, 0.3) is 0 Å². The van der Waals surface area contributed by atoms with Crippen LogP contribution in [0.25, 0.3) is 33.3 Å². The van der Waals surface area contributed by atoms with E-state index < -0.39 is 24.2 Å². The second-order valence-electron chi connectivity index (χ2n) is 10.9. The number of hydrogen-bond donors (Lipinski definition) is 2. The zero-order valence-corrected chi connectivity index (χ0v) is 24.5. The predicted molar refractivity (Wildman–Crippen MR) is 163 cm³/mol. The highest BCUT2D eigenvalue weighted by Gasteiger charge is 2.23. The molecule has 2 atom stereocenters. The molecule has 4 aromatic rings. The molecule has 1 aromatic carbocycles. The molecule has 3 N–H and O–H groups in total. The largest absolute Gasteiger partial charge is 0.440 e. The number of amides is 1. The Hall–Kier alpha value is -4.41. The summed E-state index contributed by atoms with van der Waals surface area (Å²) in [7, 11) is 3.86. The van der Waals surface area contributed by atoms with Crippen molar-refractivity contribution >= 4 is 28.6 Å². The molecule has 0 radical (unpaired) electrons. The number of nitrogens with zero attached hydrogens (tertiary/aromatic N) is 4. The van der Waals surface area contributed by atoms with E-state index in [9.17, 15) is 14.0 Å². The van der Waals surface area contributed by atoms with Crippen LogP contribution in [-0.4, -0.2) is 58.0 Å². The Balaban J connectivity index is 1.69. The third-order valence-corrected chi connectivity index (χ3v) is 6.62. The van der Waals surface area contributed by atoms with Gasteiger partial charge in [-0.2, -0.15) is 4.39 Å². The first-order valence-electron chi connectivity index (χ1n) is 13.8. The number of anilines is 1. The summed E-state index contributed by atoms with van der Waals surface area (Å²) in [6, 6.07) is 11.7. The summed E-state index contributed by atoms with van der Waals surface area (Å²) in [5.41, 5.74) is 10.2. The average molecular weight is 573 g/mol. The fraction of sp³-hybridized carbons (Fsp3) is 0.312. The van der Waals surface area contributed by atoms with Crippen molar-refractivity contribution in [1.29, 1.82) is 0 Å². The first-order valence-corrected chi connectivity index (χ1v) is 13.8. The summed E-state index contributed by atoms with van der Waals surface area (Å²) in [4.78, 5) is 35.4. The lowest BCUT2D eigenvalue weighted by molar-refractivity contribution is -0.154. The summed E-state index contributed by atoms with van der Waals surface area (Å²) >= 11 is 0. The molecule has 0 bridgehead atoms. The monoisotopic (exact) mass is 572 g/mol. The number of rotatable bonds is 11. The van der Waals surface area contributed by atoms with E-state index in [1.165, 1.54) is 18.3 Å². The molecule has 4 rings (SSSR count). The van der Waals surface area contributed by atoms with Gasteiger partial charge in [-0.1, -0.05) is 32.1 Å². The van der Waals surface area contributed by atoms with E-state index in [0.29, 0.717) is 35.4 Å². The number of carbonyl (C=O) groups is 2. The van der Waals surface area contributed by atoms with Crippen LogP contribution in [0.2, 0.25) is 0 Å². The minimum absolute atomic E-state index is 0.224. The number of esters is 1. The number of benzene rings is 1. The molecule has 0 aliphatic rings. The van der Waals surface area contributed by atoms with Crippen molar-refractivity contribution in [2.75, 3.05) is 26.0 Å². The number of nitrogens with two attached hydrogens (primary N) is 1. The minimum Gasteiger partial charge on any atom is -0.440 e. The Bertz CT molecular complexity index is 1600. The lowest BCUT2D eigenvalue weighted by Gasteiger charge is -2.19. The summed E-state index contributed by atoms with van der Waals surface area (Å²) in [6.07, 6.45) is 8.00. The van der Waals surface area contributed by atoms with Crippen LogP contribution in [0.5, 0.6) is 0 Å². The van der Waals surface area contributed by atoms with Gasteiger partial charge in [0.05, 0.1) is 0 Å². The van der Waals surface area contributed by atoms with Gasteiger partial charge in [0, 0.05) is 59.5 Å². The maximum Gasteiger partial charge on any atom is 0.324 e. The number of halogens is 1. The van der Waals surface area contributed by atoms with Crippen LogP contribution in [0.3, 0.4) is 0 Å². The lowest BCUT2D eigenvalue weighted by Crippen LogP contribution is -2.34. The standard InChI is InChI=1S/C32H37FN6O3/c1-20(2)14-28(34)32(41)42-21(3)39-19-27(23-11-12-35-29(33)17-23)26-16-24(18-36-31(26)39)22-8-6-9-25(15-22)37-30(40)10-7-13-38(4)5/h6-12,15-21,28H,13-14,34H2,1-5H3,(H,37,40)/b10-7+/t21?,28-/m0/s1. The first kappa shape index (κ1) is 30.5. The number of ether oxygens (including phenoxy) is 1. The van der Waals surface area contributed by atoms with Crippen LogP contribution in [0.15, 0.2) is 73.2 Å². The van der Waals surface area contributed by atoms with Gasteiger partial charge in [0.1, 0.15) is 11.7 Å². The Morgan fingerprint density at radius 1 is 1.10 bits per heavy atom. The molecule has 3 aromatic heterocycles. The van der Waals surface area contributed by atoms with Crippen molar-refractivity contribution in [2.24, 2.45) is 11.7 Å². The molecule has 9 nitrogen and oxygen atoms in total. The van der Waals surface area contributed by atoms with Crippen molar-refractivity contribution in [3.05, 3.63) is 79.2 Å². The predicted octanol–water partition coefficient (Wildman–Crippen LogP) is 5.40. The molecule has 0 spiro atoms. The fourth-order valence-corrected chi connectivity index (χ4v) is 4.61. The van der Waals surface area contributed by atoms with Crippen LogP contribution in [-0.2, 0) is 14.3 Å².